The lowest BCUT2D eigenvalue weighted by Crippen LogP contribution is -2.23. The van der Waals surface area contributed by atoms with Crippen molar-refractivity contribution in [2.24, 2.45) is 5.92 Å². The van der Waals surface area contributed by atoms with Crippen molar-refractivity contribution in [2.75, 3.05) is 7.05 Å². The molecule has 1 N–H and O–H groups in total. The molecule has 0 heterocycles. The molecule has 92 valence electrons. The van der Waals surface area contributed by atoms with Crippen molar-refractivity contribution >= 4 is 0 Å². The quantitative estimate of drug-likeness (QED) is 0.531. The van der Waals surface area contributed by atoms with Gasteiger partial charge in [-0.1, -0.05) is 58.8 Å². The summed E-state index contributed by atoms with van der Waals surface area (Å²) in [6, 6.07) is 0.681. The van der Waals surface area contributed by atoms with Crippen LogP contribution < -0.4 is 5.32 Å². The maximum absolute atomic E-state index is 3.31. The Labute approximate surface area is 97.0 Å². The van der Waals surface area contributed by atoms with Crippen molar-refractivity contribution < 1.29 is 0 Å². The lowest BCUT2D eigenvalue weighted by atomic mass is 9.96. The Balaban J connectivity index is 3.20. The molecule has 0 fully saturated rings. The first-order valence-corrected chi connectivity index (χ1v) is 6.88. The van der Waals surface area contributed by atoms with Gasteiger partial charge in [-0.25, -0.2) is 0 Å². The highest BCUT2D eigenvalue weighted by Gasteiger charge is 2.06. The van der Waals surface area contributed by atoms with Crippen molar-refractivity contribution in [3.63, 3.8) is 0 Å². The topological polar surface area (TPSA) is 12.0 Å². The molecule has 0 radical (unpaired) electrons. The van der Waals surface area contributed by atoms with Gasteiger partial charge in [0.1, 0.15) is 0 Å². The van der Waals surface area contributed by atoms with Gasteiger partial charge in [0, 0.05) is 6.04 Å². The Bertz CT molecular complexity index is 123. The first-order valence-electron chi connectivity index (χ1n) is 6.88. The molecule has 0 aromatic heterocycles. The average Bonchev–Trinajstić information content (AvgIpc) is 2.23. The van der Waals surface area contributed by atoms with Crippen LogP contribution in [0.2, 0.25) is 0 Å². The van der Waals surface area contributed by atoms with E-state index in [1.165, 1.54) is 51.4 Å². The molecule has 1 nitrogen and oxygen atoms in total. The van der Waals surface area contributed by atoms with Crippen molar-refractivity contribution in [1.29, 1.82) is 0 Å². The highest BCUT2D eigenvalue weighted by atomic mass is 14.8. The Hall–Kier alpha value is -0.0400. The molecule has 2 atom stereocenters. The predicted molar refractivity (Wildman–Crippen MR) is 70.3 cm³/mol. The minimum atomic E-state index is 0.681. The van der Waals surface area contributed by atoms with E-state index < -0.39 is 0 Å². The average molecular weight is 213 g/mol. The molecule has 0 aliphatic heterocycles. The fourth-order valence-electron chi connectivity index (χ4n) is 2.11. The van der Waals surface area contributed by atoms with Gasteiger partial charge in [0.05, 0.1) is 0 Å². The number of nitrogens with one attached hydrogen (secondary N) is 1. The lowest BCUT2D eigenvalue weighted by Gasteiger charge is -2.16. The summed E-state index contributed by atoms with van der Waals surface area (Å²) in [5.41, 5.74) is 0. The third-order valence-electron chi connectivity index (χ3n) is 3.30. The van der Waals surface area contributed by atoms with Crippen LogP contribution in [0.5, 0.6) is 0 Å². The fraction of sp³-hybridized carbons (Fsp3) is 1.00. The molecule has 0 saturated carbocycles. The molecule has 0 rings (SSSR count). The van der Waals surface area contributed by atoms with Crippen LogP contribution in [0.1, 0.15) is 72.1 Å². The fourth-order valence-corrected chi connectivity index (χ4v) is 2.11. The monoisotopic (exact) mass is 213 g/mol. The van der Waals surface area contributed by atoms with Crippen LogP contribution >= 0.6 is 0 Å². The second-order valence-corrected chi connectivity index (χ2v) is 5.09. The highest BCUT2D eigenvalue weighted by molar-refractivity contribution is 4.63. The van der Waals surface area contributed by atoms with Gasteiger partial charge in [0.25, 0.3) is 0 Å². The Morgan fingerprint density at radius 1 is 0.933 bits per heavy atom. The first-order chi connectivity index (χ1) is 7.20. The summed E-state index contributed by atoms with van der Waals surface area (Å²) in [6.07, 6.45) is 11.3. The molecule has 1 heteroatoms. The van der Waals surface area contributed by atoms with E-state index in [4.69, 9.17) is 0 Å². The number of unbranched alkanes of at least 4 members (excludes halogenated alkanes) is 5. The van der Waals surface area contributed by atoms with Crippen molar-refractivity contribution in [3.8, 4) is 0 Å². The van der Waals surface area contributed by atoms with Gasteiger partial charge in [-0.2, -0.15) is 0 Å². The van der Waals surface area contributed by atoms with E-state index >= 15 is 0 Å². The smallest absolute Gasteiger partial charge is 0.00382 e. The van der Waals surface area contributed by atoms with E-state index in [0.717, 1.165) is 5.92 Å². The highest BCUT2D eigenvalue weighted by Crippen LogP contribution is 2.15. The number of rotatable bonds is 10. The zero-order valence-corrected chi connectivity index (χ0v) is 11.3. The summed E-state index contributed by atoms with van der Waals surface area (Å²) < 4.78 is 0. The maximum Gasteiger partial charge on any atom is 0.00382 e. The molecule has 0 amide bonds. The van der Waals surface area contributed by atoms with Crippen LogP contribution in [0, 0.1) is 5.92 Å². The molecule has 0 aromatic rings. The zero-order chi connectivity index (χ0) is 11.5. The van der Waals surface area contributed by atoms with E-state index in [2.05, 4.69) is 33.1 Å². The Kier molecular flexibility index (Phi) is 10.4. The van der Waals surface area contributed by atoms with Gasteiger partial charge in [0.2, 0.25) is 0 Å². The van der Waals surface area contributed by atoms with Crippen LogP contribution in [0.3, 0.4) is 0 Å². The van der Waals surface area contributed by atoms with Crippen molar-refractivity contribution in [3.05, 3.63) is 0 Å². The Morgan fingerprint density at radius 2 is 1.53 bits per heavy atom. The molecule has 15 heavy (non-hydrogen) atoms. The third-order valence-corrected chi connectivity index (χ3v) is 3.30. The van der Waals surface area contributed by atoms with Crippen LogP contribution in [0.25, 0.3) is 0 Å². The number of hydrogen-bond acceptors (Lipinski definition) is 1. The molecule has 0 saturated heterocycles. The second kappa shape index (κ2) is 10.5. The first kappa shape index (κ1) is 15.0. The summed E-state index contributed by atoms with van der Waals surface area (Å²) >= 11 is 0. The van der Waals surface area contributed by atoms with Gasteiger partial charge in [-0.3, -0.25) is 0 Å². The van der Waals surface area contributed by atoms with Gasteiger partial charge in [-0.15, -0.1) is 0 Å². The van der Waals surface area contributed by atoms with Gasteiger partial charge in [-0.05, 0) is 26.3 Å². The third kappa shape index (κ3) is 10.2. The second-order valence-electron chi connectivity index (χ2n) is 5.09. The van der Waals surface area contributed by atoms with E-state index in [1.807, 2.05) is 0 Å². The van der Waals surface area contributed by atoms with Crippen molar-refractivity contribution in [2.45, 2.75) is 78.2 Å². The Morgan fingerprint density at radius 3 is 2.13 bits per heavy atom. The van der Waals surface area contributed by atoms with Crippen molar-refractivity contribution in [1.82, 2.24) is 5.32 Å². The van der Waals surface area contributed by atoms with E-state index in [9.17, 15) is 0 Å². The van der Waals surface area contributed by atoms with E-state index in [-0.39, 0.29) is 0 Å². The molecule has 0 aliphatic rings. The maximum atomic E-state index is 3.31. The predicted octanol–water partition coefficient (Wildman–Crippen LogP) is 4.37. The molecule has 2 unspecified atom stereocenters. The molecule has 0 aromatic carbocycles. The summed E-state index contributed by atoms with van der Waals surface area (Å²) in [5, 5.41) is 3.31. The molecule has 0 bridgehead atoms. The summed E-state index contributed by atoms with van der Waals surface area (Å²) in [6.45, 7) is 6.94. The summed E-state index contributed by atoms with van der Waals surface area (Å²) in [5.74, 6) is 0.888. The van der Waals surface area contributed by atoms with Crippen LogP contribution in [-0.4, -0.2) is 13.1 Å². The van der Waals surface area contributed by atoms with Gasteiger partial charge >= 0.3 is 0 Å². The minimum Gasteiger partial charge on any atom is -0.317 e. The minimum absolute atomic E-state index is 0.681. The molecule has 0 aliphatic carbocycles. The normalized spacial score (nSPS) is 15.2. The zero-order valence-electron chi connectivity index (χ0n) is 11.3. The SMILES string of the molecule is CCCCCCCCC(C)CC(C)NC. The van der Waals surface area contributed by atoms with Gasteiger partial charge in [0.15, 0.2) is 0 Å². The van der Waals surface area contributed by atoms with Crippen LogP contribution in [-0.2, 0) is 0 Å². The van der Waals surface area contributed by atoms with Crippen LogP contribution in [0.15, 0.2) is 0 Å². The standard InChI is InChI=1S/C14H31N/c1-5-6-7-8-9-10-11-13(2)12-14(3)15-4/h13-15H,5-12H2,1-4H3. The molecular weight excluding hydrogens is 182 g/mol. The number of hydrogen-bond donors (Lipinski definition) is 1. The molecule has 0 spiro atoms. The summed E-state index contributed by atoms with van der Waals surface area (Å²) in [7, 11) is 2.06. The largest absolute Gasteiger partial charge is 0.317 e. The van der Waals surface area contributed by atoms with E-state index in [1.54, 1.807) is 0 Å². The lowest BCUT2D eigenvalue weighted by molar-refractivity contribution is 0.402. The summed E-state index contributed by atoms with van der Waals surface area (Å²) in [4.78, 5) is 0. The van der Waals surface area contributed by atoms with Gasteiger partial charge < -0.3 is 5.32 Å². The van der Waals surface area contributed by atoms with E-state index in [0.29, 0.717) is 6.04 Å². The molecular formula is C14H31N. The van der Waals surface area contributed by atoms with Crippen LogP contribution in [0.4, 0.5) is 0 Å².